The van der Waals surface area contributed by atoms with Crippen molar-refractivity contribution in [2.45, 2.75) is 26.3 Å². The lowest BCUT2D eigenvalue weighted by Crippen LogP contribution is -2.19. The van der Waals surface area contributed by atoms with E-state index in [0.717, 1.165) is 45.8 Å². The van der Waals surface area contributed by atoms with Crippen molar-refractivity contribution >= 4 is 11.3 Å². The molecule has 1 aromatic heterocycles. The van der Waals surface area contributed by atoms with Crippen molar-refractivity contribution in [1.29, 1.82) is 0 Å². The molecular weight excluding hydrogens is 234 g/mol. The largest absolute Gasteiger partial charge is 0.385 e. The van der Waals surface area contributed by atoms with Gasteiger partial charge in [0.05, 0.1) is 6.61 Å². The fraction of sp³-hybridized carbons (Fsp3) is 0.692. The van der Waals surface area contributed by atoms with Gasteiger partial charge >= 0.3 is 0 Å². The third kappa shape index (κ3) is 6.78. The predicted molar refractivity (Wildman–Crippen MR) is 72.7 cm³/mol. The summed E-state index contributed by atoms with van der Waals surface area (Å²) in [7, 11) is 1.72. The van der Waals surface area contributed by atoms with Gasteiger partial charge in [-0.25, -0.2) is 0 Å². The Balaban J connectivity index is 1.93. The number of hydrogen-bond acceptors (Lipinski definition) is 4. The minimum atomic E-state index is 0.774. The van der Waals surface area contributed by atoms with E-state index in [1.54, 1.807) is 7.11 Å². The van der Waals surface area contributed by atoms with E-state index in [1.165, 1.54) is 9.75 Å². The third-order valence-electron chi connectivity index (χ3n) is 2.43. The number of rotatable bonds is 10. The van der Waals surface area contributed by atoms with Crippen LogP contribution in [0, 0.1) is 0 Å². The molecule has 98 valence electrons. The second-order valence-corrected chi connectivity index (χ2v) is 5.11. The second-order valence-electron chi connectivity index (χ2n) is 3.86. The van der Waals surface area contributed by atoms with Crippen LogP contribution in [0.1, 0.15) is 23.1 Å². The van der Waals surface area contributed by atoms with Crippen molar-refractivity contribution in [1.82, 2.24) is 5.32 Å². The van der Waals surface area contributed by atoms with Crippen molar-refractivity contribution in [3.05, 3.63) is 21.9 Å². The van der Waals surface area contributed by atoms with Crippen LogP contribution in [0.15, 0.2) is 12.1 Å². The van der Waals surface area contributed by atoms with Gasteiger partial charge in [-0.15, -0.1) is 11.3 Å². The number of methoxy groups -OCH3 is 1. The molecule has 0 saturated heterocycles. The fourth-order valence-electron chi connectivity index (χ4n) is 1.47. The smallest absolute Gasteiger partial charge is 0.0591 e. The van der Waals surface area contributed by atoms with E-state index in [1.807, 2.05) is 11.3 Å². The summed E-state index contributed by atoms with van der Waals surface area (Å²) < 4.78 is 10.4. The van der Waals surface area contributed by atoms with E-state index in [2.05, 4.69) is 24.4 Å². The Hall–Kier alpha value is -0.420. The van der Waals surface area contributed by atoms with Crippen LogP contribution in [-0.4, -0.2) is 33.5 Å². The summed E-state index contributed by atoms with van der Waals surface area (Å²) in [6.45, 7) is 6.39. The Morgan fingerprint density at radius 2 is 2.00 bits per heavy atom. The summed E-state index contributed by atoms with van der Waals surface area (Å²) in [5, 5.41) is 3.38. The highest BCUT2D eigenvalue weighted by Gasteiger charge is 1.97. The normalized spacial score (nSPS) is 10.9. The zero-order chi connectivity index (χ0) is 12.3. The number of thiophene rings is 1. The minimum Gasteiger partial charge on any atom is -0.385 e. The van der Waals surface area contributed by atoms with E-state index >= 15 is 0 Å². The molecule has 0 saturated carbocycles. The average Bonchev–Trinajstić information content (AvgIpc) is 2.80. The first-order chi connectivity index (χ1) is 8.36. The van der Waals surface area contributed by atoms with Gasteiger partial charge in [0.15, 0.2) is 0 Å². The highest BCUT2D eigenvalue weighted by Crippen LogP contribution is 2.16. The van der Waals surface area contributed by atoms with Gasteiger partial charge in [0.2, 0.25) is 0 Å². The lowest BCUT2D eigenvalue weighted by atomic mass is 10.3. The summed E-state index contributed by atoms with van der Waals surface area (Å²) in [5.74, 6) is 0. The third-order valence-corrected chi connectivity index (χ3v) is 3.65. The van der Waals surface area contributed by atoms with Crippen molar-refractivity contribution in [2.24, 2.45) is 0 Å². The summed E-state index contributed by atoms with van der Waals surface area (Å²) in [6.07, 6.45) is 2.11. The first kappa shape index (κ1) is 14.6. The average molecular weight is 257 g/mol. The van der Waals surface area contributed by atoms with Crippen LogP contribution in [0.2, 0.25) is 0 Å². The maximum atomic E-state index is 5.46. The summed E-state index contributed by atoms with van der Waals surface area (Å²) in [5.41, 5.74) is 0. The number of aryl methyl sites for hydroxylation is 1. The number of hydrogen-bond donors (Lipinski definition) is 1. The Morgan fingerprint density at radius 3 is 2.71 bits per heavy atom. The number of ether oxygens (including phenoxy) is 2. The highest BCUT2D eigenvalue weighted by molar-refractivity contribution is 7.11. The lowest BCUT2D eigenvalue weighted by molar-refractivity contribution is 0.104. The van der Waals surface area contributed by atoms with Crippen molar-refractivity contribution in [3.63, 3.8) is 0 Å². The molecule has 1 heterocycles. The molecule has 0 radical (unpaired) electrons. The Bertz CT molecular complexity index is 289. The molecule has 0 atom stereocenters. The maximum Gasteiger partial charge on any atom is 0.0591 e. The molecule has 1 aromatic rings. The van der Waals surface area contributed by atoms with Crippen LogP contribution >= 0.6 is 11.3 Å². The van der Waals surface area contributed by atoms with Crippen LogP contribution in [-0.2, 0) is 22.4 Å². The van der Waals surface area contributed by atoms with Crippen LogP contribution in [0.5, 0.6) is 0 Å². The summed E-state index contributed by atoms with van der Waals surface area (Å²) >= 11 is 1.89. The van der Waals surface area contributed by atoms with Crippen LogP contribution in [0.25, 0.3) is 0 Å². The predicted octanol–water partition coefficient (Wildman–Crippen LogP) is 2.45. The molecule has 0 fully saturated rings. The van der Waals surface area contributed by atoms with E-state index in [0.29, 0.717) is 0 Å². The van der Waals surface area contributed by atoms with Crippen molar-refractivity contribution < 1.29 is 9.47 Å². The zero-order valence-electron chi connectivity index (χ0n) is 10.8. The highest BCUT2D eigenvalue weighted by atomic mass is 32.1. The second kappa shape index (κ2) is 9.59. The Morgan fingerprint density at radius 1 is 1.18 bits per heavy atom. The van der Waals surface area contributed by atoms with Gasteiger partial charge in [-0.1, -0.05) is 6.92 Å². The van der Waals surface area contributed by atoms with Gasteiger partial charge < -0.3 is 14.8 Å². The first-order valence-electron chi connectivity index (χ1n) is 6.21. The van der Waals surface area contributed by atoms with E-state index in [9.17, 15) is 0 Å². The molecule has 1 N–H and O–H groups in total. The van der Waals surface area contributed by atoms with Crippen molar-refractivity contribution in [3.8, 4) is 0 Å². The number of nitrogens with one attached hydrogen (secondary N) is 1. The van der Waals surface area contributed by atoms with E-state index in [-0.39, 0.29) is 0 Å². The van der Waals surface area contributed by atoms with Crippen molar-refractivity contribution in [2.75, 3.05) is 33.5 Å². The molecule has 1 rings (SSSR count). The van der Waals surface area contributed by atoms with Crippen LogP contribution in [0.4, 0.5) is 0 Å². The quantitative estimate of drug-likeness (QED) is 0.653. The van der Waals surface area contributed by atoms with Gasteiger partial charge in [0.1, 0.15) is 0 Å². The summed E-state index contributed by atoms with van der Waals surface area (Å²) in [6, 6.07) is 4.42. The molecule has 0 amide bonds. The van der Waals surface area contributed by atoms with Gasteiger partial charge in [-0.05, 0) is 25.0 Å². The van der Waals surface area contributed by atoms with E-state index < -0.39 is 0 Å². The summed E-state index contributed by atoms with van der Waals surface area (Å²) in [4.78, 5) is 2.86. The van der Waals surface area contributed by atoms with Gasteiger partial charge in [-0.3, -0.25) is 0 Å². The molecule has 0 unspecified atom stereocenters. The van der Waals surface area contributed by atoms with Crippen LogP contribution < -0.4 is 5.32 Å². The Kier molecular flexibility index (Phi) is 8.26. The molecule has 17 heavy (non-hydrogen) atoms. The fourth-order valence-corrected chi connectivity index (χ4v) is 2.40. The molecule has 3 nitrogen and oxygen atoms in total. The molecule has 0 aliphatic heterocycles. The van der Waals surface area contributed by atoms with Gasteiger partial charge in [-0.2, -0.15) is 0 Å². The molecular formula is C13H23NO2S. The molecule has 0 bridgehead atoms. The topological polar surface area (TPSA) is 30.5 Å². The zero-order valence-corrected chi connectivity index (χ0v) is 11.6. The van der Waals surface area contributed by atoms with Gasteiger partial charge in [0.25, 0.3) is 0 Å². The SMILES string of the molecule is CCc1ccc(CNCCOCCCOC)s1. The lowest BCUT2D eigenvalue weighted by Gasteiger charge is -2.05. The standard InChI is InChI=1S/C13H23NO2S/c1-3-12-5-6-13(17-12)11-14-7-10-16-9-4-8-15-2/h5-6,14H,3-4,7-11H2,1-2H3. The molecule has 0 aromatic carbocycles. The first-order valence-corrected chi connectivity index (χ1v) is 7.03. The maximum absolute atomic E-state index is 5.46. The molecule has 0 aliphatic rings. The minimum absolute atomic E-state index is 0.774. The van der Waals surface area contributed by atoms with Gasteiger partial charge in [0, 0.05) is 43.2 Å². The molecule has 0 aliphatic carbocycles. The Labute approximate surface area is 108 Å². The molecule has 4 heteroatoms. The van der Waals surface area contributed by atoms with E-state index in [4.69, 9.17) is 9.47 Å². The molecule has 0 spiro atoms. The van der Waals surface area contributed by atoms with Crippen LogP contribution in [0.3, 0.4) is 0 Å². The monoisotopic (exact) mass is 257 g/mol.